The maximum Gasteiger partial charge on any atom is 0.132 e. The minimum atomic E-state index is -0.527. The highest BCUT2D eigenvalue weighted by molar-refractivity contribution is 5.17. The fourth-order valence-electron chi connectivity index (χ4n) is 1.57. The summed E-state index contributed by atoms with van der Waals surface area (Å²) in [5.74, 6) is 0. The zero-order valence-corrected chi connectivity index (χ0v) is 8.94. The maximum absolute atomic E-state index is 12.4. The third-order valence-electron chi connectivity index (χ3n) is 2.43. The molecule has 1 aromatic carbocycles. The van der Waals surface area contributed by atoms with E-state index in [9.17, 15) is 4.39 Å². The Morgan fingerprint density at radius 1 is 0.938 bits per heavy atom. The predicted octanol–water partition coefficient (Wildman–Crippen LogP) is 2.73. The predicted molar refractivity (Wildman–Crippen MR) is 60.7 cm³/mol. The zero-order chi connectivity index (χ0) is 11.2. The van der Waals surface area contributed by atoms with E-state index in [-0.39, 0.29) is 0 Å². The molecule has 0 aliphatic rings. The molecule has 2 nitrogen and oxygen atoms in total. The second-order valence-corrected chi connectivity index (χ2v) is 3.62. The van der Waals surface area contributed by atoms with Gasteiger partial charge >= 0.3 is 0 Å². The molecule has 0 amide bonds. The number of aromatic nitrogens is 2. The van der Waals surface area contributed by atoms with Crippen molar-refractivity contribution in [2.24, 2.45) is 0 Å². The number of halogens is 1. The van der Waals surface area contributed by atoms with Crippen molar-refractivity contribution >= 4 is 0 Å². The van der Waals surface area contributed by atoms with Crippen LogP contribution in [0.2, 0.25) is 0 Å². The van der Waals surface area contributed by atoms with Crippen LogP contribution in [-0.2, 0) is 19.5 Å². The van der Waals surface area contributed by atoms with Crippen molar-refractivity contribution in [3.63, 3.8) is 0 Å². The van der Waals surface area contributed by atoms with Crippen molar-refractivity contribution in [3.8, 4) is 0 Å². The lowest BCUT2D eigenvalue weighted by atomic mass is 10.1. The Morgan fingerprint density at radius 2 is 1.69 bits per heavy atom. The highest BCUT2D eigenvalue weighted by Gasteiger charge is 1.99. The SMILES string of the molecule is FCc1cc(CCc2ccccc2)ncn1. The average Bonchev–Trinajstić information content (AvgIpc) is 2.38. The number of rotatable bonds is 4. The summed E-state index contributed by atoms with van der Waals surface area (Å²) in [6, 6.07) is 11.9. The molecule has 2 rings (SSSR count). The summed E-state index contributed by atoms with van der Waals surface area (Å²) in [5, 5.41) is 0. The topological polar surface area (TPSA) is 25.8 Å². The van der Waals surface area contributed by atoms with E-state index in [1.165, 1.54) is 11.9 Å². The van der Waals surface area contributed by atoms with Gasteiger partial charge in [0.25, 0.3) is 0 Å². The monoisotopic (exact) mass is 216 g/mol. The van der Waals surface area contributed by atoms with Gasteiger partial charge in [-0.05, 0) is 24.5 Å². The number of hydrogen-bond acceptors (Lipinski definition) is 2. The van der Waals surface area contributed by atoms with E-state index in [1.807, 2.05) is 18.2 Å². The first-order valence-corrected chi connectivity index (χ1v) is 5.28. The van der Waals surface area contributed by atoms with Gasteiger partial charge in [0.05, 0.1) is 5.69 Å². The van der Waals surface area contributed by atoms with Crippen LogP contribution in [0.3, 0.4) is 0 Å². The van der Waals surface area contributed by atoms with Gasteiger partial charge < -0.3 is 0 Å². The first kappa shape index (κ1) is 10.7. The highest BCUT2D eigenvalue weighted by atomic mass is 19.1. The van der Waals surface area contributed by atoms with Crippen LogP contribution in [0, 0.1) is 0 Å². The summed E-state index contributed by atoms with van der Waals surface area (Å²) >= 11 is 0. The molecular weight excluding hydrogens is 203 g/mol. The summed E-state index contributed by atoms with van der Waals surface area (Å²) in [7, 11) is 0. The fourth-order valence-corrected chi connectivity index (χ4v) is 1.57. The minimum Gasteiger partial charge on any atom is -0.244 e. The Kier molecular flexibility index (Phi) is 3.59. The molecule has 0 spiro atoms. The summed E-state index contributed by atoms with van der Waals surface area (Å²) in [4.78, 5) is 7.95. The molecule has 0 fully saturated rings. The molecule has 82 valence electrons. The van der Waals surface area contributed by atoms with Gasteiger partial charge in [-0.1, -0.05) is 30.3 Å². The van der Waals surface area contributed by atoms with E-state index in [0.29, 0.717) is 5.69 Å². The second kappa shape index (κ2) is 5.35. The molecule has 0 aliphatic carbocycles. The Labute approximate surface area is 94.2 Å². The molecule has 3 heteroatoms. The number of alkyl halides is 1. The minimum absolute atomic E-state index is 0.457. The van der Waals surface area contributed by atoms with Crippen LogP contribution in [0.1, 0.15) is 17.0 Å². The lowest BCUT2D eigenvalue weighted by Crippen LogP contribution is -1.97. The summed E-state index contributed by atoms with van der Waals surface area (Å²) in [5.41, 5.74) is 2.62. The largest absolute Gasteiger partial charge is 0.244 e. The summed E-state index contributed by atoms with van der Waals surface area (Å²) in [6.07, 6.45) is 3.17. The summed E-state index contributed by atoms with van der Waals surface area (Å²) < 4.78 is 12.4. The molecule has 0 unspecified atom stereocenters. The molecule has 0 N–H and O–H groups in total. The number of aryl methyl sites for hydroxylation is 2. The van der Waals surface area contributed by atoms with E-state index in [0.717, 1.165) is 18.5 Å². The molecule has 16 heavy (non-hydrogen) atoms. The van der Waals surface area contributed by atoms with E-state index in [4.69, 9.17) is 0 Å². The highest BCUT2D eigenvalue weighted by Crippen LogP contribution is 2.06. The third-order valence-corrected chi connectivity index (χ3v) is 2.43. The van der Waals surface area contributed by atoms with Gasteiger partial charge in [-0.3, -0.25) is 0 Å². The molecule has 0 saturated carbocycles. The van der Waals surface area contributed by atoms with Gasteiger partial charge in [0.15, 0.2) is 0 Å². The fraction of sp³-hybridized carbons (Fsp3) is 0.231. The van der Waals surface area contributed by atoms with E-state index in [2.05, 4.69) is 22.1 Å². The van der Waals surface area contributed by atoms with E-state index >= 15 is 0 Å². The number of hydrogen-bond donors (Lipinski definition) is 0. The molecule has 1 aromatic heterocycles. The van der Waals surface area contributed by atoms with Gasteiger partial charge in [-0.2, -0.15) is 0 Å². The normalized spacial score (nSPS) is 10.3. The molecule has 0 radical (unpaired) electrons. The van der Waals surface area contributed by atoms with Crippen molar-refractivity contribution < 1.29 is 4.39 Å². The third kappa shape index (κ3) is 2.86. The van der Waals surface area contributed by atoms with Gasteiger partial charge in [0.2, 0.25) is 0 Å². The number of benzene rings is 1. The van der Waals surface area contributed by atoms with E-state index < -0.39 is 6.67 Å². The van der Waals surface area contributed by atoms with Crippen LogP contribution in [0.25, 0.3) is 0 Å². The first-order chi connectivity index (χ1) is 7.88. The van der Waals surface area contributed by atoms with Crippen molar-refractivity contribution in [3.05, 3.63) is 59.7 Å². The molecule has 0 saturated heterocycles. The molecule has 0 bridgehead atoms. The first-order valence-electron chi connectivity index (χ1n) is 5.28. The molecule has 0 atom stereocenters. The number of nitrogens with zero attached hydrogens (tertiary/aromatic N) is 2. The summed E-state index contributed by atoms with van der Waals surface area (Å²) in [6.45, 7) is -0.527. The van der Waals surface area contributed by atoms with E-state index in [1.54, 1.807) is 6.07 Å². The van der Waals surface area contributed by atoms with Gasteiger partial charge in [0, 0.05) is 5.69 Å². The van der Waals surface area contributed by atoms with Crippen LogP contribution in [0.15, 0.2) is 42.7 Å². The standard InChI is InChI=1S/C13H13FN2/c14-9-13-8-12(15-10-16-13)7-6-11-4-2-1-3-5-11/h1-5,8,10H,6-7,9H2. The van der Waals surface area contributed by atoms with Crippen LogP contribution in [-0.4, -0.2) is 9.97 Å². The van der Waals surface area contributed by atoms with Crippen LogP contribution < -0.4 is 0 Å². The van der Waals surface area contributed by atoms with Crippen molar-refractivity contribution in [1.82, 2.24) is 9.97 Å². The lowest BCUT2D eigenvalue weighted by Gasteiger charge is -2.02. The van der Waals surface area contributed by atoms with Crippen LogP contribution in [0.4, 0.5) is 4.39 Å². The molecule has 1 heterocycles. The molecule has 0 aliphatic heterocycles. The Bertz CT molecular complexity index is 443. The Hall–Kier alpha value is -1.77. The van der Waals surface area contributed by atoms with Crippen molar-refractivity contribution in [1.29, 1.82) is 0 Å². The van der Waals surface area contributed by atoms with Gasteiger partial charge in [0.1, 0.15) is 13.0 Å². The smallest absolute Gasteiger partial charge is 0.132 e. The van der Waals surface area contributed by atoms with Crippen LogP contribution in [0.5, 0.6) is 0 Å². The van der Waals surface area contributed by atoms with Crippen molar-refractivity contribution in [2.45, 2.75) is 19.5 Å². The van der Waals surface area contributed by atoms with Gasteiger partial charge in [-0.25, -0.2) is 14.4 Å². The zero-order valence-electron chi connectivity index (χ0n) is 8.94. The second-order valence-electron chi connectivity index (χ2n) is 3.62. The Morgan fingerprint density at radius 3 is 2.44 bits per heavy atom. The average molecular weight is 216 g/mol. The van der Waals surface area contributed by atoms with Gasteiger partial charge in [-0.15, -0.1) is 0 Å². The van der Waals surface area contributed by atoms with Crippen LogP contribution >= 0.6 is 0 Å². The maximum atomic E-state index is 12.4. The Balaban J connectivity index is 1.99. The lowest BCUT2D eigenvalue weighted by molar-refractivity contribution is 0.474. The van der Waals surface area contributed by atoms with Crippen molar-refractivity contribution in [2.75, 3.05) is 0 Å². The quantitative estimate of drug-likeness (QED) is 0.785. The molecular formula is C13H13FN2. The molecule has 2 aromatic rings.